The zero-order valence-electron chi connectivity index (χ0n) is 12.7. The lowest BCUT2D eigenvalue weighted by molar-refractivity contribution is 0.200. The summed E-state index contributed by atoms with van der Waals surface area (Å²) in [6.45, 7) is 16.7. The predicted molar refractivity (Wildman–Crippen MR) is 80.1 cm³/mol. The molecule has 1 N–H and O–H groups in total. The summed E-state index contributed by atoms with van der Waals surface area (Å²) in [4.78, 5) is 5.16. The van der Waals surface area contributed by atoms with E-state index in [4.69, 9.17) is 0 Å². The quantitative estimate of drug-likeness (QED) is 0.680. The first-order valence-corrected chi connectivity index (χ1v) is 7.95. The van der Waals surface area contributed by atoms with Crippen molar-refractivity contribution in [1.29, 1.82) is 0 Å². The number of piperidine rings is 1. The molecule has 1 atom stereocenters. The third-order valence-corrected chi connectivity index (χ3v) is 4.21. The van der Waals surface area contributed by atoms with Crippen LogP contribution >= 0.6 is 0 Å². The average Bonchev–Trinajstić information content (AvgIpc) is 2.43. The van der Waals surface area contributed by atoms with E-state index in [1.165, 1.54) is 71.6 Å². The Kier molecular flexibility index (Phi) is 8.64. The van der Waals surface area contributed by atoms with Gasteiger partial charge in [-0.3, -0.25) is 0 Å². The van der Waals surface area contributed by atoms with Crippen LogP contribution < -0.4 is 5.32 Å². The molecule has 0 bridgehead atoms. The zero-order chi connectivity index (χ0) is 13.2. The Bertz CT molecular complexity index is 186. The second-order valence-corrected chi connectivity index (χ2v) is 5.49. The zero-order valence-corrected chi connectivity index (χ0v) is 12.7. The minimum atomic E-state index is 0.882. The van der Waals surface area contributed by atoms with Crippen molar-refractivity contribution in [3.05, 3.63) is 0 Å². The van der Waals surface area contributed by atoms with Crippen LogP contribution in [-0.2, 0) is 0 Å². The van der Waals surface area contributed by atoms with Gasteiger partial charge in [-0.2, -0.15) is 0 Å². The lowest BCUT2D eigenvalue weighted by atomic mass is 9.99. The third-order valence-electron chi connectivity index (χ3n) is 4.21. The highest BCUT2D eigenvalue weighted by Gasteiger charge is 2.15. The molecule has 1 fully saturated rings. The van der Waals surface area contributed by atoms with Crippen molar-refractivity contribution < 1.29 is 0 Å². The fraction of sp³-hybridized carbons (Fsp3) is 1.00. The number of hydrogen-bond donors (Lipinski definition) is 1. The summed E-state index contributed by atoms with van der Waals surface area (Å²) >= 11 is 0. The summed E-state index contributed by atoms with van der Waals surface area (Å²) in [6.07, 6.45) is 4.09. The average molecular weight is 255 g/mol. The molecule has 18 heavy (non-hydrogen) atoms. The molecule has 1 aliphatic rings. The van der Waals surface area contributed by atoms with Gasteiger partial charge in [0.1, 0.15) is 0 Å². The van der Waals surface area contributed by atoms with Gasteiger partial charge in [0.15, 0.2) is 0 Å². The normalized spacial score (nSPS) is 20.8. The Morgan fingerprint density at radius 1 is 1.00 bits per heavy atom. The van der Waals surface area contributed by atoms with E-state index in [9.17, 15) is 0 Å². The Hall–Kier alpha value is -0.120. The molecule has 0 aromatic rings. The highest BCUT2D eigenvalue weighted by atomic mass is 15.1. The maximum absolute atomic E-state index is 3.52. The maximum atomic E-state index is 3.52. The molecular weight excluding hydrogens is 222 g/mol. The van der Waals surface area contributed by atoms with Crippen molar-refractivity contribution in [2.45, 2.75) is 40.0 Å². The third kappa shape index (κ3) is 6.17. The van der Waals surface area contributed by atoms with Gasteiger partial charge in [0.05, 0.1) is 0 Å². The molecule has 1 unspecified atom stereocenters. The summed E-state index contributed by atoms with van der Waals surface area (Å²) < 4.78 is 0. The minimum Gasteiger partial charge on any atom is -0.316 e. The molecule has 108 valence electrons. The lowest BCUT2D eigenvalue weighted by Crippen LogP contribution is -2.39. The van der Waals surface area contributed by atoms with E-state index in [1.807, 2.05) is 0 Å². The second-order valence-electron chi connectivity index (χ2n) is 5.49. The van der Waals surface area contributed by atoms with E-state index in [-0.39, 0.29) is 0 Å². The van der Waals surface area contributed by atoms with E-state index in [1.54, 1.807) is 0 Å². The fourth-order valence-electron chi connectivity index (χ4n) is 2.88. The minimum absolute atomic E-state index is 0.882. The summed E-state index contributed by atoms with van der Waals surface area (Å²) in [5.41, 5.74) is 0. The molecule has 1 rings (SSSR count). The van der Waals surface area contributed by atoms with E-state index in [2.05, 4.69) is 35.9 Å². The Balaban J connectivity index is 2.16. The van der Waals surface area contributed by atoms with Crippen LogP contribution in [0.3, 0.4) is 0 Å². The first kappa shape index (κ1) is 15.9. The molecule has 0 amide bonds. The number of nitrogens with one attached hydrogen (secondary N) is 1. The summed E-state index contributed by atoms with van der Waals surface area (Å²) in [6, 6.07) is 0. The van der Waals surface area contributed by atoms with Gasteiger partial charge in [0.2, 0.25) is 0 Å². The van der Waals surface area contributed by atoms with Crippen molar-refractivity contribution in [2.24, 2.45) is 5.92 Å². The van der Waals surface area contributed by atoms with E-state index in [0.717, 1.165) is 5.92 Å². The molecule has 1 saturated heterocycles. The van der Waals surface area contributed by atoms with Crippen molar-refractivity contribution in [1.82, 2.24) is 15.1 Å². The molecule has 0 radical (unpaired) electrons. The number of rotatable bonds is 9. The Morgan fingerprint density at radius 2 is 1.67 bits per heavy atom. The van der Waals surface area contributed by atoms with Crippen LogP contribution in [0, 0.1) is 5.92 Å². The highest BCUT2D eigenvalue weighted by molar-refractivity contribution is 4.72. The predicted octanol–water partition coefficient (Wildman–Crippen LogP) is 2.04. The lowest BCUT2D eigenvalue weighted by Gasteiger charge is -2.30. The van der Waals surface area contributed by atoms with Crippen LogP contribution in [0.25, 0.3) is 0 Å². The van der Waals surface area contributed by atoms with Crippen molar-refractivity contribution in [3.8, 4) is 0 Å². The van der Waals surface area contributed by atoms with Crippen LogP contribution in [0.1, 0.15) is 40.0 Å². The number of hydrogen-bond acceptors (Lipinski definition) is 3. The molecule has 1 heterocycles. The summed E-state index contributed by atoms with van der Waals surface area (Å²) in [5, 5.41) is 3.52. The van der Waals surface area contributed by atoms with E-state index < -0.39 is 0 Å². The molecule has 0 aliphatic carbocycles. The van der Waals surface area contributed by atoms with E-state index >= 15 is 0 Å². The van der Waals surface area contributed by atoms with Gasteiger partial charge in [-0.1, -0.05) is 20.8 Å². The first-order valence-electron chi connectivity index (χ1n) is 7.95. The maximum Gasteiger partial charge on any atom is 0.00217 e. The van der Waals surface area contributed by atoms with Crippen LogP contribution in [0.5, 0.6) is 0 Å². The van der Waals surface area contributed by atoms with Crippen molar-refractivity contribution in [2.75, 3.05) is 52.4 Å². The molecule has 0 saturated carbocycles. The van der Waals surface area contributed by atoms with E-state index in [0.29, 0.717) is 0 Å². The van der Waals surface area contributed by atoms with Gasteiger partial charge < -0.3 is 15.1 Å². The van der Waals surface area contributed by atoms with Gasteiger partial charge in [-0.25, -0.2) is 0 Å². The van der Waals surface area contributed by atoms with Gasteiger partial charge in [-0.05, 0) is 71.0 Å². The largest absolute Gasteiger partial charge is 0.316 e. The van der Waals surface area contributed by atoms with Gasteiger partial charge in [0.25, 0.3) is 0 Å². The standard InChI is InChI=1S/C15H33N3/c1-4-17(5-2)11-8-12-18(6-3)14-15-9-7-10-16-13-15/h15-16H,4-14H2,1-3H3. The molecule has 0 spiro atoms. The van der Waals surface area contributed by atoms with Crippen molar-refractivity contribution in [3.63, 3.8) is 0 Å². The van der Waals surface area contributed by atoms with Gasteiger partial charge >= 0.3 is 0 Å². The molecule has 3 nitrogen and oxygen atoms in total. The Morgan fingerprint density at radius 3 is 2.22 bits per heavy atom. The molecular formula is C15H33N3. The monoisotopic (exact) mass is 255 g/mol. The van der Waals surface area contributed by atoms with Crippen LogP contribution in [0.4, 0.5) is 0 Å². The van der Waals surface area contributed by atoms with Crippen molar-refractivity contribution >= 4 is 0 Å². The molecule has 3 heteroatoms. The smallest absolute Gasteiger partial charge is 0.00217 e. The van der Waals surface area contributed by atoms with Gasteiger partial charge in [0, 0.05) is 6.54 Å². The molecule has 0 aromatic carbocycles. The first-order chi connectivity index (χ1) is 8.80. The Labute approximate surface area is 114 Å². The summed E-state index contributed by atoms with van der Waals surface area (Å²) in [7, 11) is 0. The van der Waals surface area contributed by atoms with Crippen LogP contribution in [-0.4, -0.2) is 62.2 Å². The fourth-order valence-corrected chi connectivity index (χ4v) is 2.88. The molecule has 0 aromatic heterocycles. The second kappa shape index (κ2) is 9.76. The van der Waals surface area contributed by atoms with Crippen LogP contribution in [0.15, 0.2) is 0 Å². The molecule has 1 aliphatic heterocycles. The SMILES string of the molecule is CCN(CC)CCCN(CC)CC1CCCNC1. The topological polar surface area (TPSA) is 18.5 Å². The highest BCUT2D eigenvalue weighted by Crippen LogP contribution is 2.11. The number of nitrogens with zero attached hydrogens (tertiary/aromatic N) is 2. The summed E-state index contributed by atoms with van der Waals surface area (Å²) in [5.74, 6) is 0.882. The van der Waals surface area contributed by atoms with Gasteiger partial charge in [-0.15, -0.1) is 0 Å². The van der Waals surface area contributed by atoms with Crippen LogP contribution in [0.2, 0.25) is 0 Å².